The fraction of sp³-hybridized carbons (Fsp3) is 0.875. The van der Waals surface area contributed by atoms with Gasteiger partial charge in [0.1, 0.15) is 5.78 Å². The average Bonchev–Trinajstić information content (AvgIpc) is 2.04. The second-order valence-electron chi connectivity index (χ2n) is 2.86. The zero-order chi connectivity index (χ0) is 9.40. The number of carbonyl (C=O) groups excluding carboxylic acids is 1. The van der Waals surface area contributed by atoms with E-state index >= 15 is 0 Å². The van der Waals surface area contributed by atoms with E-state index in [1.54, 1.807) is 14.0 Å². The topological polar surface area (TPSA) is 61.4 Å². The molecule has 72 valence electrons. The molecule has 0 aliphatic carbocycles. The standard InChI is InChI=1S/C8H18N2O2/c1-7(11)8(9-2)5-3-4-6-10-12/h8-10,12H,3-6H2,1-2H3. The van der Waals surface area contributed by atoms with Crippen LogP contribution in [-0.2, 0) is 4.79 Å². The second kappa shape index (κ2) is 7.21. The monoisotopic (exact) mass is 174 g/mol. The first-order valence-corrected chi connectivity index (χ1v) is 4.27. The molecule has 4 nitrogen and oxygen atoms in total. The highest BCUT2D eigenvalue weighted by Crippen LogP contribution is 2.00. The molecule has 3 N–H and O–H groups in total. The normalized spacial score (nSPS) is 12.9. The highest BCUT2D eigenvalue weighted by atomic mass is 16.5. The average molecular weight is 174 g/mol. The summed E-state index contributed by atoms with van der Waals surface area (Å²) in [6.45, 7) is 2.18. The van der Waals surface area contributed by atoms with Gasteiger partial charge in [0.05, 0.1) is 6.04 Å². The number of rotatable bonds is 7. The maximum absolute atomic E-state index is 10.9. The SMILES string of the molecule is CNC(CCCCNO)C(C)=O. The molecule has 0 aromatic carbocycles. The van der Waals surface area contributed by atoms with Gasteiger partial charge >= 0.3 is 0 Å². The Balaban J connectivity index is 3.38. The third-order valence-electron chi connectivity index (χ3n) is 1.87. The molecule has 0 saturated heterocycles. The van der Waals surface area contributed by atoms with Crippen LogP contribution in [0.15, 0.2) is 0 Å². The summed E-state index contributed by atoms with van der Waals surface area (Å²) in [6, 6.07) is -0.0244. The van der Waals surface area contributed by atoms with E-state index in [1.165, 1.54) is 0 Å². The van der Waals surface area contributed by atoms with Gasteiger partial charge in [-0.15, -0.1) is 0 Å². The molecule has 0 aromatic heterocycles. The van der Waals surface area contributed by atoms with Crippen LogP contribution in [0.2, 0.25) is 0 Å². The summed E-state index contributed by atoms with van der Waals surface area (Å²) >= 11 is 0. The van der Waals surface area contributed by atoms with E-state index in [2.05, 4.69) is 10.8 Å². The van der Waals surface area contributed by atoms with Crippen LogP contribution in [0.3, 0.4) is 0 Å². The maximum atomic E-state index is 10.9. The van der Waals surface area contributed by atoms with Crippen LogP contribution in [0.4, 0.5) is 0 Å². The van der Waals surface area contributed by atoms with Crippen molar-refractivity contribution in [1.82, 2.24) is 10.8 Å². The molecule has 1 atom stereocenters. The van der Waals surface area contributed by atoms with Gasteiger partial charge in [0.15, 0.2) is 0 Å². The van der Waals surface area contributed by atoms with Gasteiger partial charge in [0, 0.05) is 6.54 Å². The van der Waals surface area contributed by atoms with Crippen molar-refractivity contribution in [2.45, 2.75) is 32.2 Å². The predicted molar refractivity (Wildman–Crippen MR) is 47.2 cm³/mol. The zero-order valence-electron chi connectivity index (χ0n) is 7.76. The number of likely N-dealkylation sites (N-methyl/N-ethyl adjacent to an activating group) is 1. The Bertz CT molecular complexity index is 128. The number of hydrogen-bond acceptors (Lipinski definition) is 4. The first kappa shape index (κ1) is 11.6. The minimum Gasteiger partial charge on any atom is -0.317 e. The van der Waals surface area contributed by atoms with Crippen LogP contribution >= 0.6 is 0 Å². The largest absolute Gasteiger partial charge is 0.317 e. The Morgan fingerprint density at radius 2 is 2.17 bits per heavy atom. The van der Waals surface area contributed by atoms with Crippen molar-refractivity contribution in [2.75, 3.05) is 13.6 Å². The van der Waals surface area contributed by atoms with Crippen LogP contribution in [0.25, 0.3) is 0 Å². The molecule has 0 saturated carbocycles. The second-order valence-corrected chi connectivity index (χ2v) is 2.86. The maximum Gasteiger partial charge on any atom is 0.146 e. The number of nitrogens with one attached hydrogen (secondary N) is 2. The minimum atomic E-state index is -0.0244. The van der Waals surface area contributed by atoms with Crippen molar-refractivity contribution in [1.29, 1.82) is 0 Å². The van der Waals surface area contributed by atoms with Crippen LogP contribution in [0.1, 0.15) is 26.2 Å². The molecule has 0 bridgehead atoms. The highest BCUT2D eigenvalue weighted by molar-refractivity contribution is 5.81. The predicted octanol–water partition coefficient (Wildman–Crippen LogP) is 0.312. The van der Waals surface area contributed by atoms with Crippen molar-refractivity contribution >= 4 is 5.78 Å². The molecule has 0 amide bonds. The highest BCUT2D eigenvalue weighted by Gasteiger charge is 2.09. The molecule has 0 aliphatic heterocycles. The zero-order valence-corrected chi connectivity index (χ0v) is 7.76. The van der Waals surface area contributed by atoms with Gasteiger partial charge in [-0.25, -0.2) is 5.48 Å². The van der Waals surface area contributed by atoms with Crippen LogP contribution in [-0.4, -0.2) is 30.6 Å². The number of carbonyl (C=O) groups is 1. The number of hydroxylamine groups is 1. The molecule has 0 radical (unpaired) electrons. The molecular formula is C8H18N2O2. The molecule has 0 aromatic rings. The quantitative estimate of drug-likeness (QED) is 0.384. The van der Waals surface area contributed by atoms with Crippen molar-refractivity contribution in [3.63, 3.8) is 0 Å². The summed E-state index contributed by atoms with van der Waals surface area (Å²) in [5, 5.41) is 11.2. The van der Waals surface area contributed by atoms with Crippen LogP contribution in [0, 0.1) is 0 Å². The van der Waals surface area contributed by atoms with Crippen molar-refractivity contribution < 1.29 is 10.0 Å². The lowest BCUT2D eigenvalue weighted by Gasteiger charge is -2.11. The van der Waals surface area contributed by atoms with Crippen molar-refractivity contribution in [2.24, 2.45) is 0 Å². The summed E-state index contributed by atoms with van der Waals surface area (Å²) in [7, 11) is 1.79. The van der Waals surface area contributed by atoms with E-state index in [9.17, 15) is 4.79 Å². The Labute approximate surface area is 73.3 Å². The fourth-order valence-corrected chi connectivity index (χ4v) is 1.10. The summed E-state index contributed by atoms with van der Waals surface area (Å²) in [5.41, 5.74) is 2.08. The fourth-order valence-electron chi connectivity index (χ4n) is 1.10. The Morgan fingerprint density at radius 3 is 2.58 bits per heavy atom. The lowest BCUT2D eigenvalue weighted by molar-refractivity contribution is -0.119. The van der Waals surface area contributed by atoms with Gasteiger partial charge in [-0.3, -0.25) is 4.79 Å². The molecule has 1 unspecified atom stereocenters. The van der Waals surface area contributed by atoms with Crippen molar-refractivity contribution in [3.8, 4) is 0 Å². The summed E-state index contributed by atoms with van der Waals surface area (Å²) in [6.07, 6.45) is 2.67. The summed E-state index contributed by atoms with van der Waals surface area (Å²) in [4.78, 5) is 10.9. The molecule has 4 heteroatoms. The first-order chi connectivity index (χ1) is 5.72. The first-order valence-electron chi connectivity index (χ1n) is 4.27. The Kier molecular flexibility index (Phi) is 6.94. The van der Waals surface area contributed by atoms with E-state index < -0.39 is 0 Å². The number of Topliss-reactive ketones (excluding diaryl/α,β-unsaturated/α-hetero) is 1. The number of unbranched alkanes of at least 4 members (excludes halogenated alkanes) is 1. The summed E-state index contributed by atoms with van der Waals surface area (Å²) < 4.78 is 0. The van der Waals surface area contributed by atoms with Crippen LogP contribution in [0.5, 0.6) is 0 Å². The Morgan fingerprint density at radius 1 is 1.50 bits per heavy atom. The number of hydrogen-bond donors (Lipinski definition) is 3. The van der Waals surface area contributed by atoms with E-state index in [-0.39, 0.29) is 11.8 Å². The van der Waals surface area contributed by atoms with E-state index in [0.717, 1.165) is 19.3 Å². The van der Waals surface area contributed by atoms with E-state index in [1.807, 2.05) is 0 Å². The summed E-state index contributed by atoms with van der Waals surface area (Å²) in [5.74, 6) is 0.175. The molecule has 0 heterocycles. The number of ketones is 1. The van der Waals surface area contributed by atoms with Gasteiger partial charge in [-0.05, 0) is 26.8 Å². The lowest BCUT2D eigenvalue weighted by atomic mass is 10.1. The van der Waals surface area contributed by atoms with E-state index in [4.69, 9.17) is 5.21 Å². The van der Waals surface area contributed by atoms with Gasteiger partial charge in [0.25, 0.3) is 0 Å². The molecule has 0 rings (SSSR count). The third-order valence-corrected chi connectivity index (χ3v) is 1.87. The van der Waals surface area contributed by atoms with Gasteiger partial charge < -0.3 is 10.5 Å². The van der Waals surface area contributed by atoms with Gasteiger partial charge in [0.2, 0.25) is 0 Å². The van der Waals surface area contributed by atoms with Crippen molar-refractivity contribution in [3.05, 3.63) is 0 Å². The van der Waals surface area contributed by atoms with Crippen LogP contribution < -0.4 is 10.8 Å². The third kappa shape index (κ3) is 5.23. The minimum absolute atomic E-state index is 0.0244. The lowest BCUT2D eigenvalue weighted by Crippen LogP contribution is -2.32. The van der Waals surface area contributed by atoms with Gasteiger partial charge in [-0.1, -0.05) is 6.42 Å². The smallest absolute Gasteiger partial charge is 0.146 e. The Hall–Kier alpha value is -0.450. The van der Waals surface area contributed by atoms with E-state index in [0.29, 0.717) is 6.54 Å². The van der Waals surface area contributed by atoms with Gasteiger partial charge in [-0.2, -0.15) is 0 Å². The molecule has 12 heavy (non-hydrogen) atoms. The molecule has 0 spiro atoms. The molecule has 0 fully saturated rings. The molecular weight excluding hydrogens is 156 g/mol. The molecule has 0 aliphatic rings.